The fourth-order valence-corrected chi connectivity index (χ4v) is 3.25. The summed E-state index contributed by atoms with van der Waals surface area (Å²) in [7, 11) is 0. The van der Waals surface area contributed by atoms with Crippen LogP contribution in [0.3, 0.4) is 0 Å². The highest BCUT2D eigenvalue weighted by Gasteiger charge is 2.29. The molecule has 17 heavy (non-hydrogen) atoms. The molecule has 1 saturated heterocycles. The van der Waals surface area contributed by atoms with Gasteiger partial charge >= 0.3 is 0 Å². The molecule has 1 saturated carbocycles. The number of aliphatic hydroxyl groups is 2. The zero-order chi connectivity index (χ0) is 12.1. The van der Waals surface area contributed by atoms with Gasteiger partial charge in [0.25, 0.3) is 0 Å². The topological polar surface area (TPSA) is 49.7 Å². The lowest BCUT2D eigenvalue weighted by atomic mass is 9.81. The molecule has 2 unspecified atom stereocenters. The smallest absolute Gasteiger partial charge is 0.0827 e. The van der Waals surface area contributed by atoms with Crippen molar-refractivity contribution in [3.05, 3.63) is 0 Å². The first-order valence-corrected chi connectivity index (χ1v) is 7.21. The molecule has 1 heterocycles. The predicted octanol–water partition coefficient (Wildman–Crippen LogP) is 2.11. The summed E-state index contributed by atoms with van der Waals surface area (Å²) in [6.45, 7) is 1.63. The van der Waals surface area contributed by atoms with E-state index in [0.29, 0.717) is 11.8 Å². The third-order valence-electron chi connectivity index (χ3n) is 4.44. The minimum Gasteiger partial charge on any atom is -0.390 e. The molecule has 0 spiro atoms. The molecule has 0 aromatic rings. The van der Waals surface area contributed by atoms with Crippen LogP contribution in [0.5, 0.6) is 0 Å². The summed E-state index contributed by atoms with van der Waals surface area (Å²) < 4.78 is 5.31. The number of hydrogen-bond donors (Lipinski definition) is 2. The molecule has 2 N–H and O–H groups in total. The predicted molar refractivity (Wildman–Crippen MR) is 66.7 cm³/mol. The van der Waals surface area contributed by atoms with Crippen LogP contribution in [0.1, 0.15) is 51.4 Å². The van der Waals surface area contributed by atoms with Crippen molar-refractivity contribution in [1.82, 2.24) is 0 Å². The van der Waals surface area contributed by atoms with Gasteiger partial charge in [0.2, 0.25) is 0 Å². The van der Waals surface area contributed by atoms with Crippen molar-refractivity contribution >= 4 is 0 Å². The van der Waals surface area contributed by atoms with Gasteiger partial charge in [-0.2, -0.15) is 0 Å². The van der Waals surface area contributed by atoms with Crippen LogP contribution in [0.15, 0.2) is 0 Å². The Morgan fingerprint density at radius 1 is 0.941 bits per heavy atom. The molecule has 1 aliphatic heterocycles. The summed E-state index contributed by atoms with van der Waals surface area (Å²) in [4.78, 5) is 0. The third kappa shape index (κ3) is 3.94. The Hall–Kier alpha value is -0.120. The second kappa shape index (κ2) is 6.72. The van der Waals surface area contributed by atoms with E-state index in [-0.39, 0.29) is 0 Å². The van der Waals surface area contributed by atoms with Crippen LogP contribution >= 0.6 is 0 Å². The van der Waals surface area contributed by atoms with E-state index in [1.165, 1.54) is 19.3 Å². The fourth-order valence-electron chi connectivity index (χ4n) is 3.25. The zero-order valence-electron chi connectivity index (χ0n) is 10.7. The first-order chi connectivity index (χ1) is 8.27. The molecule has 2 fully saturated rings. The van der Waals surface area contributed by atoms with Gasteiger partial charge in [0.15, 0.2) is 0 Å². The second-order valence-electron chi connectivity index (χ2n) is 5.75. The minimum absolute atomic E-state index is 0.332. The maximum Gasteiger partial charge on any atom is 0.0827 e. The lowest BCUT2D eigenvalue weighted by Crippen LogP contribution is -2.36. The quantitative estimate of drug-likeness (QED) is 0.794. The molecule has 0 bridgehead atoms. The van der Waals surface area contributed by atoms with E-state index in [1.807, 2.05) is 0 Å². The SMILES string of the molecule is OC(CC1CCOCC1)C(O)C1CCCCC1. The number of hydrogen-bond acceptors (Lipinski definition) is 3. The monoisotopic (exact) mass is 242 g/mol. The van der Waals surface area contributed by atoms with E-state index in [1.54, 1.807) is 0 Å². The van der Waals surface area contributed by atoms with Crippen LogP contribution in [-0.2, 0) is 4.74 Å². The average Bonchev–Trinajstić information content (AvgIpc) is 2.40. The molecule has 2 rings (SSSR count). The van der Waals surface area contributed by atoms with Crippen molar-refractivity contribution < 1.29 is 14.9 Å². The van der Waals surface area contributed by atoms with E-state index < -0.39 is 12.2 Å². The molecule has 0 radical (unpaired) electrons. The molecule has 0 amide bonds. The number of ether oxygens (including phenoxy) is 1. The molecule has 0 aromatic carbocycles. The molecule has 3 nitrogen and oxygen atoms in total. The van der Waals surface area contributed by atoms with Gasteiger partial charge in [-0.3, -0.25) is 0 Å². The first kappa shape index (κ1) is 13.3. The van der Waals surface area contributed by atoms with E-state index in [9.17, 15) is 10.2 Å². The van der Waals surface area contributed by atoms with E-state index >= 15 is 0 Å². The van der Waals surface area contributed by atoms with E-state index in [4.69, 9.17) is 4.74 Å². The molecule has 100 valence electrons. The Balaban J connectivity index is 1.75. The normalized spacial score (nSPS) is 27.9. The van der Waals surface area contributed by atoms with Gasteiger partial charge < -0.3 is 14.9 Å². The van der Waals surface area contributed by atoms with Crippen molar-refractivity contribution in [3.63, 3.8) is 0 Å². The molecule has 2 aliphatic rings. The van der Waals surface area contributed by atoms with Crippen LogP contribution in [0.2, 0.25) is 0 Å². The molecular formula is C14H26O3. The van der Waals surface area contributed by atoms with Crippen molar-refractivity contribution in [3.8, 4) is 0 Å². The third-order valence-corrected chi connectivity index (χ3v) is 4.44. The van der Waals surface area contributed by atoms with Crippen molar-refractivity contribution in [2.24, 2.45) is 11.8 Å². The second-order valence-corrected chi connectivity index (χ2v) is 5.75. The van der Waals surface area contributed by atoms with Gasteiger partial charge in [0, 0.05) is 13.2 Å². The van der Waals surface area contributed by atoms with Gasteiger partial charge in [0.1, 0.15) is 0 Å². The lowest BCUT2D eigenvalue weighted by Gasteiger charge is -2.32. The molecule has 3 heteroatoms. The summed E-state index contributed by atoms with van der Waals surface area (Å²) >= 11 is 0. The van der Waals surface area contributed by atoms with Crippen molar-refractivity contribution in [2.75, 3.05) is 13.2 Å². The summed E-state index contributed by atoms with van der Waals surface area (Å²) in [6, 6.07) is 0. The van der Waals surface area contributed by atoms with Crippen molar-refractivity contribution in [1.29, 1.82) is 0 Å². The van der Waals surface area contributed by atoms with Gasteiger partial charge in [-0.25, -0.2) is 0 Å². The average molecular weight is 242 g/mol. The summed E-state index contributed by atoms with van der Waals surface area (Å²) in [6.07, 6.45) is 7.69. The number of aliphatic hydroxyl groups excluding tert-OH is 2. The van der Waals surface area contributed by atoms with Gasteiger partial charge in [-0.1, -0.05) is 19.3 Å². The molecule has 1 aliphatic carbocycles. The van der Waals surface area contributed by atoms with Crippen LogP contribution in [0, 0.1) is 11.8 Å². The van der Waals surface area contributed by atoms with Crippen LogP contribution in [0.25, 0.3) is 0 Å². The van der Waals surface area contributed by atoms with Crippen LogP contribution < -0.4 is 0 Å². The number of rotatable bonds is 4. The van der Waals surface area contributed by atoms with E-state index in [2.05, 4.69) is 0 Å². The minimum atomic E-state index is -0.527. The Bertz CT molecular complexity index is 208. The largest absolute Gasteiger partial charge is 0.390 e. The van der Waals surface area contributed by atoms with E-state index in [0.717, 1.165) is 45.3 Å². The lowest BCUT2D eigenvalue weighted by molar-refractivity contribution is -0.0463. The molecule has 2 atom stereocenters. The Kier molecular flexibility index (Phi) is 5.26. The van der Waals surface area contributed by atoms with Gasteiger partial charge in [-0.15, -0.1) is 0 Å². The van der Waals surface area contributed by atoms with Crippen LogP contribution in [-0.4, -0.2) is 35.6 Å². The van der Waals surface area contributed by atoms with Gasteiger partial charge in [-0.05, 0) is 43.9 Å². The highest BCUT2D eigenvalue weighted by atomic mass is 16.5. The van der Waals surface area contributed by atoms with Gasteiger partial charge in [0.05, 0.1) is 12.2 Å². The zero-order valence-corrected chi connectivity index (χ0v) is 10.7. The summed E-state index contributed by atoms with van der Waals surface area (Å²) in [5, 5.41) is 20.3. The summed E-state index contributed by atoms with van der Waals surface area (Å²) in [5.74, 6) is 0.871. The molecule has 0 aromatic heterocycles. The highest BCUT2D eigenvalue weighted by molar-refractivity contribution is 4.81. The van der Waals surface area contributed by atoms with Crippen LogP contribution in [0.4, 0.5) is 0 Å². The Labute approximate surface area is 104 Å². The molecular weight excluding hydrogens is 216 g/mol. The standard InChI is InChI=1S/C14H26O3/c15-13(10-11-6-8-17-9-7-11)14(16)12-4-2-1-3-5-12/h11-16H,1-10H2. The Morgan fingerprint density at radius 2 is 1.59 bits per heavy atom. The summed E-state index contributed by atoms with van der Waals surface area (Å²) in [5.41, 5.74) is 0. The van der Waals surface area contributed by atoms with Crippen molar-refractivity contribution in [2.45, 2.75) is 63.6 Å². The first-order valence-electron chi connectivity index (χ1n) is 7.21. The maximum atomic E-state index is 10.2. The maximum absolute atomic E-state index is 10.2. The Morgan fingerprint density at radius 3 is 2.24 bits per heavy atom. The highest BCUT2D eigenvalue weighted by Crippen LogP contribution is 2.30. The fraction of sp³-hybridized carbons (Fsp3) is 1.00.